The van der Waals surface area contributed by atoms with Gasteiger partial charge in [-0.05, 0) is 59.4 Å². The fourth-order valence-electron chi connectivity index (χ4n) is 2.31. The third-order valence-electron chi connectivity index (χ3n) is 3.84. The van der Waals surface area contributed by atoms with Gasteiger partial charge < -0.3 is 5.11 Å². The summed E-state index contributed by atoms with van der Waals surface area (Å²) >= 11 is 0. The molecule has 2 rings (SSSR count). The van der Waals surface area contributed by atoms with Crippen molar-refractivity contribution in [3.05, 3.63) is 65.2 Å². The van der Waals surface area contributed by atoms with Crippen LogP contribution in [0, 0.1) is 0 Å². The van der Waals surface area contributed by atoms with Gasteiger partial charge in [-0.25, -0.2) is 5.43 Å². The monoisotopic (exact) mass is 324 g/mol. The van der Waals surface area contributed by atoms with Crippen LogP contribution in [0.2, 0.25) is 0 Å². The van der Waals surface area contributed by atoms with E-state index >= 15 is 0 Å². The van der Waals surface area contributed by atoms with Crippen molar-refractivity contribution in [2.75, 3.05) is 0 Å². The largest absolute Gasteiger partial charge is 0.508 e. The van der Waals surface area contributed by atoms with Gasteiger partial charge in [-0.15, -0.1) is 0 Å². The number of phenolic OH excluding ortho intramolecular Hbond substituents is 1. The number of hydrogen-bond acceptors (Lipinski definition) is 3. The number of hydrazone groups is 1. The molecule has 0 aliphatic carbocycles. The van der Waals surface area contributed by atoms with Gasteiger partial charge in [0.25, 0.3) is 5.91 Å². The maximum absolute atomic E-state index is 12.3. The van der Waals surface area contributed by atoms with Crippen LogP contribution in [0.3, 0.4) is 0 Å². The Bertz CT molecular complexity index is 724. The Labute approximate surface area is 143 Å². The van der Waals surface area contributed by atoms with E-state index in [9.17, 15) is 9.90 Å². The van der Waals surface area contributed by atoms with E-state index in [1.807, 2.05) is 31.2 Å². The number of hydrogen-bond donors (Lipinski definition) is 2. The second-order valence-electron chi connectivity index (χ2n) is 6.73. The van der Waals surface area contributed by atoms with E-state index in [4.69, 9.17) is 0 Å². The molecule has 0 saturated heterocycles. The predicted molar refractivity (Wildman–Crippen MR) is 97.5 cm³/mol. The van der Waals surface area contributed by atoms with E-state index < -0.39 is 0 Å². The summed E-state index contributed by atoms with van der Waals surface area (Å²) in [4.78, 5) is 12.3. The molecule has 2 N–H and O–H groups in total. The van der Waals surface area contributed by atoms with E-state index in [0.29, 0.717) is 12.0 Å². The molecule has 0 heterocycles. The molecule has 4 nitrogen and oxygen atoms in total. The topological polar surface area (TPSA) is 61.7 Å². The van der Waals surface area contributed by atoms with Crippen LogP contribution >= 0.6 is 0 Å². The lowest BCUT2D eigenvalue weighted by atomic mass is 9.87. The highest BCUT2D eigenvalue weighted by molar-refractivity contribution is 6.02. The molecule has 24 heavy (non-hydrogen) atoms. The van der Waals surface area contributed by atoms with E-state index in [1.54, 1.807) is 24.3 Å². The summed E-state index contributed by atoms with van der Waals surface area (Å²) in [5, 5.41) is 13.6. The number of carbonyl (C=O) groups excluding carboxylic acids is 1. The molecule has 0 unspecified atom stereocenters. The molecule has 126 valence electrons. The molecule has 0 aromatic heterocycles. The zero-order valence-electron chi connectivity index (χ0n) is 14.6. The lowest BCUT2D eigenvalue weighted by molar-refractivity contribution is 0.0954. The van der Waals surface area contributed by atoms with Crippen LogP contribution < -0.4 is 5.43 Å². The molecule has 0 spiro atoms. The third kappa shape index (κ3) is 4.44. The molecule has 4 heteroatoms. The zero-order valence-corrected chi connectivity index (χ0v) is 14.6. The Morgan fingerprint density at radius 3 is 2.04 bits per heavy atom. The summed E-state index contributed by atoms with van der Waals surface area (Å²) in [6.07, 6.45) is 0.675. The quantitative estimate of drug-likeness (QED) is 0.653. The first-order valence-corrected chi connectivity index (χ1v) is 8.08. The fraction of sp³-hybridized carbons (Fsp3) is 0.300. The van der Waals surface area contributed by atoms with Crippen molar-refractivity contribution in [2.24, 2.45) is 5.10 Å². The van der Waals surface area contributed by atoms with Crippen molar-refractivity contribution in [3.8, 4) is 5.75 Å². The Kier molecular flexibility index (Phi) is 5.39. The number of phenols is 1. The highest BCUT2D eigenvalue weighted by Gasteiger charge is 2.14. The Morgan fingerprint density at radius 2 is 1.54 bits per heavy atom. The second kappa shape index (κ2) is 7.30. The third-order valence-corrected chi connectivity index (χ3v) is 3.84. The Balaban J connectivity index is 2.11. The molecule has 0 fully saturated rings. The second-order valence-corrected chi connectivity index (χ2v) is 6.73. The minimum Gasteiger partial charge on any atom is -0.508 e. The summed E-state index contributed by atoms with van der Waals surface area (Å²) in [5.41, 5.74) is 6.06. The highest BCUT2D eigenvalue weighted by Crippen LogP contribution is 2.22. The summed E-state index contributed by atoms with van der Waals surface area (Å²) < 4.78 is 0. The van der Waals surface area contributed by atoms with Crippen LogP contribution in [0.25, 0.3) is 0 Å². The fourth-order valence-corrected chi connectivity index (χ4v) is 2.31. The van der Waals surface area contributed by atoms with Gasteiger partial charge >= 0.3 is 0 Å². The normalized spacial score (nSPS) is 12.1. The van der Waals surface area contributed by atoms with Gasteiger partial charge in [0.05, 0.1) is 5.71 Å². The van der Waals surface area contributed by atoms with Gasteiger partial charge in [-0.1, -0.05) is 39.8 Å². The molecule has 0 atom stereocenters. The number of aromatic hydroxyl groups is 1. The maximum atomic E-state index is 12.3. The molecular formula is C20H24N2O2. The summed E-state index contributed by atoms with van der Waals surface area (Å²) in [6, 6.07) is 14.3. The molecule has 0 bridgehead atoms. The van der Waals surface area contributed by atoms with Crippen molar-refractivity contribution in [2.45, 2.75) is 39.5 Å². The average Bonchev–Trinajstić information content (AvgIpc) is 2.56. The maximum Gasteiger partial charge on any atom is 0.271 e. The number of benzene rings is 2. The smallest absolute Gasteiger partial charge is 0.271 e. The van der Waals surface area contributed by atoms with Gasteiger partial charge in [0.2, 0.25) is 0 Å². The first kappa shape index (κ1) is 17.7. The lowest BCUT2D eigenvalue weighted by Crippen LogP contribution is -2.20. The number of carbonyl (C=O) groups is 1. The van der Waals surface area contributed by atoms with E-state index in [1.165, 1.54) is 5.56 Å². The minimum absolute atomic E-state index is 0.0570. The Hall–Kier alpha value is -2.62. The number of rotatable bonds is 4. The highest BCUT2D eigenvalue weighted by atomic mass is 16.3. The van der Waals surface area contributed by atoms with Gasteiger partial charge in [-0.2, -0.15) is 5.10 Å². The molecular weight excluding hydrogens is 300 g/mol. The van der Waals surface area contributed by atoms with Gasteiger partial charge in [0, 0.05) is 5.56 Å². The molecule has 0 aliphatic heterocycles. The summed E-state index contributed by atoms with van der Waals surface area (Å²) in [5.74, 6) is -0.0302. The van der Waals surface area contributed by atoms with Crippen LogP contribution in [0.4, 0.5) is 0 Å². The van der Waals surface area contributed by atoms with Crippen LogP contribution in [0.1, 0.15) is 55.6 Å². The molecule has 0 saturated carbocycles. The van der Waals surface area contributed by atoms with E-state index in [-0.39, 0.29) is 17.1 Å². The van der Waals surface area contributed by atoms with E-state index in [2.05, 4.69) is 31.3 Å². The van der Waals surface area contributed by atoms with Gasteiger partial charge in [0.1, 0.15) is 5.75 Å². The number of nitrogens with zero attached hydrogens (tertiary/aromatic N) is 1. The van der Waals surface area contributed by atoms with Crippen molar-refractivity contribution in [3.63, 3.8) is 0 Å². The molecule has 0 aliphatic rings. The SMILES string of the molecule is CC/C(=N\NC(=O)c1ccc(C(C)(C)C)cc1)c1ccc(O)cc1. The van der Waals surface area contributed by atoms with Crippen LogP contribution in [-0.4, -0.2) is 16.7 Å². The predicted octanol–water partition coefficient (Wildman–Crippen LogP) is 4.23. The van der Waals surface area contributed by atoms with Gasteiger partial charge in [-0.3, -0.25) is 4.79 Å². The molecule has 2 aromatic carbocycles. The number of amides is 1. The first-order chi connectivity index (χ1) is 11.3. The van der Waals surface area contributed by atoms with Crippen LogP contribution in [0.15, 0.2) is 53.6 Å². The van der Waals surface area contributed by atoms with Crippen molar-refractivity contribution < 1.29 is 9.90 Å². The summed E-state index contributed by atoms with van der Waals surface area (Å²) in [7, 11) is 0. The standard InChI is InChI=1S/C20H24N2O2/c1-5-18(14-8-12-17(23)13-9-14)21-22-19(24)15-6-10-16(11-7-15)20(2,3)4/h6-13,23H,5H2,1-4H3,(H,22,24)/b21-18+. The van der Waals surface area contributed by atoms with Crippen LogP contribution in [-0.2, 0) is 5.41 Å². The van der Waals surface area contributed by atoms with Gasteiger partial charge in [0.15, 0.2) is 0 Å². The van der Waals surface area contributed by atoms with Crippen LogP contribution in [0.5, 0.6) is 5.75 Å². The lowest BCUT2D eigenvalue weighted by Gasteiger charge is -2.18. The average molecular weight is 324 g/mol. The van der Waals surface area contributed by atoms with E-state index in [0.717, 1.165) is 11.3 Å². The molecule has 0 radical (unpaired) electrons. The Morgan fingerprint density at radius 1 is 1.00 bits per heavy atom. The number of nitrogens with one attached hydrogen (secondary N) is 1. The van der Waals surface area contributed by atoms with Crippen molar-refractivity contribution >= 4 is 11.6 Å². The zero-order chi connectivity index (χ0) is 17.7. The summed E-state index contributed by atoms with van der Waals surface area (Å²) in [6.45, 7) is 8.38. The van der Waals surface area contributed by atoms with Crippen molar-refractivity contribution in [1.82, 2.24) is 5.43 Å². The molecule has 2 aromatic rings. The minimum atomic E-state index is -0.236. The molecule has 1 amide bonds. The van der Waals surface area contributed by atoms with Crippen molar-refractivity contribution in [1.29, 1.82) is 0 Å². The first-order valence-electron chi connectivity index (χ1n) is 8.08.